The van der Waals surface area contributed by atoms with Gasteiger partial charge < -0.3 is 5.11 Å². The fourth-order valence-corrected chi connectivity index (χ4v) is 4.43. The maximum Gasteiger partial charge on any atom is 0.279 e. The van der Waals surface area contributed by atoms with Crippen LogP contribution in [-0.2, 0) is 10.2 Å². The van der Waals surface area contributed by atoms with Crippen molar-refractivity contribution in [3.8, 4) is 0 Å². The summed E-state index contributed by atoms with van der Waals surface area (Å²) in [6.07, 6.45) is 4.62. The zero-order valence-corrected chi connectivity index (χ0v) is 12.8. The molecule has 1 fully saturated rings. The first-order valence-corrected chi connectivity index (χ1v) is 9.21. The van der Waals surface area contributed by atoms with E-state index in [4.69, 9.17) is 0 Å². The molecule has 0 aromatic heterocycles. The van der Waals surface area contributed by atoms with Gasteiger partial charge in [-0.3, -0.25) is 0 Å². The average Bonchev–Trinajstić information content (AvgIpc) is 2.37. The quantitative estimate of drug-likeness (QED) is 0.724. The highest BCUT2D eigenvalue weighted by Crippen LogP contribution is 2.19. The molecule has 2 atom stereocenters. The molecule has 0 aromatic carbocycles. The van der Waals surface area contributed by atoms with Crippen LogP contribution in [0, 0.1) is 5.92 Å². The lowest BCUT2D eigenvalue weighted by atomic mass is 10.1. The van der Waals surface area contributed by atoms with E-state index in [-0.39, 0.29) is 12.6 Å². The minimum atomic E-state index is -3.44. The van der Waals surface area contributed by atoms with Gasteiger partial charge in [0.05, 0.1) is 6.61 Å². The second-order valence-corrected chi connectivity index (χ2v) is 7.48. The van der Waals surface area contributed by atoms with E-state index in [1.165, 1.54) is 4.31 Å². The maximum absolute atomic E-state index is 12.2. The molecular formula is C11H24N2O3S2. The second kappa shape index (κ2) is 7.69. The molecule has 0 radical (unpaired) electrons. The molecule has 2 unspecified atom stereocenters. The molecule has 0 spiro atoms. The van der Waals surface area contributed by atoms with Crippen molar-refractivity contribution in [3.63, 3.8) is 0 Å². The molecule has 0 amide bonds. The van der Waals surface area contributed by atoms with Crippen LogP contribution in [0.1, 0.15) is 26.2 Å². The van der Waals surface area contributed by atoms with Gasteiger partial charge in [0.25, 0.3) is 10.2 Å². The number of aliphatic hydroxyl groups excluding tert-OH is 1. The fraction of sp³-hybridized carbons (Fsp3) is 1.00. The van der Waals surface area contributed by atoms with Crippen LogP contribution in [0.4, 0.5) is 0 Å². The standard InChI is InChI=1S/C11H24N2O3S2/c1-10(9-17-2)7-12-18(15,16)13-6-4-3-5-11(13)8-14/h10-12,14H,3-9H2,1-2H3. The normalized spacial score (nSPS) is 24.1. The SMILES string of the molecule is CSCC(C)CNS(=O)(=O)N1CCCCC1CO. The van der Waals surface area contributed by atoms with Crippen molar-refractivity contribution in [2.24, 2.45) is 5.92 Å². The summed E-state index contributed by atoms with van der Waals surface area (Å²) in [5, 5.41) is 9.25. The first-order chi connectivity index (χ1) is 8.51. The van der Waals surface area contributed by atoms with Crippen LogP contribution in [0.2, 0.25) is 0 Å². The van der Waals surface area contributed by atoms with Gasteiger partial charge in [-0.15, -0.1) is 0 Å². The van der Waals surface area contributed by atoms with Gasteiger partial charge in [0.1, 0.15) is 0 Å². The molecule has 1 rings (SSSR count). The zero-order valence-electron chi connectivity index (χ0n) is 11.1. The Morgan fingerprint density at radius 3 is 2.83 bits per heavy atom. The van der Waals surface area contributed by atoms with E-state index in [1.807, 2.05) is 13.2 Å². The Kier molecular flexibility index (Phi) is 6.94. The predicted molar refractivity (Wildman–Crippen MR) is 75.9 cm³/mol. The van der Waals surface area contributed by atoms with Crippen LogP contribution >= 0.6 is 11.8 Å². The van der Waals surface area contributed by atoms with Crippen molar-refractivity contribution in [1.82, 2.24) is 9.03 Å². The summed E-state index contributed by atoms with van der Waals surface area (Å²) < 4.78 is 28.4. The van der Waals surface area contributed by atoms with E-state index in [0.29, 0.717) is 19.0 Å². The second-order valence-electron chi connectivity index (χ2n) is 4.86. The van der Waals surface area contributed by atoms with E-state index in [9.17, 15) is 13.5 Å². The Hall–Kier alpha value is 0.180. The Labute approximate surface area is 115 Å². The Balaban J connectivity index is 2.55. The van der Waals surface area contributed by atoms with Gasteiger partial charge in [0, 0.05) is 19.1 Å². The highest BCUT2D eigenvalue weighted by Gasteiger charge is 2.31. The van der Waals surface area contributed by atoms with Crippen molar-refractivity contribution in [1.29, 1.82) is 0 Å². The van der Waals surface area contributed by atoms with E-state index in [2.05, 4.69) is 4.72 Å². The third-order valence-corrected chi connectivity index (χ3v) is 5.69. The van der Waals surface area contributed by atoms with E-state index < -0.39 is 10.2 Å². The molecule has 2 N–H and O–H groups in total. The van der Waals surface area contributed by atoms with Crippen LogP contribution in [0.15, 0.2) is 0 Å². The van der Waals surface area contributed by atoms with E-state index in [0.717, 1.165) is 25.0 Å². The van der Waals surface area contributed by atoms with Crippen LogP contribution in [0.3, 0.4) is 0 Å². The minimum Gasteiger partial charge on any atom is -0.395 e. The summed E-state index contributed by atoms with van der Waals surface area (Å²) in [5.41, 5.74) is 0. The Morgan fingerprint density at radius 1 is 1.50 bits per heavy atom. The molecule has 18 heavy (non-hydrogen) atoms. The minimum absolute atomic E-state index is 0.0960. The third-order valence-electron chi connectivity index (χ3n) is 3.16. The van der Waals surface area contributed by atoms with E-state index >= 15 is 0 Å². The summed E-state index contributed by atoms with van der Waals surface area (Å²) >= 11 is 1.71. The van der Waals surface area contributed by atoms with Crippen molar-refractivity contribution in [2.45, 2.75) is 32.2 Å². The lowest BCUT2D eigenvalue weighted by Gasteiger charge is -2.33. The monoisotopic (exact) mass is 296 g/mol. The summed E-state index contributed by atoms with van der Waals surface area (Å²) in [4.78, 5) is 0. The van der Waals surface area contributed by atoms with Crippen LogP contribution < -0.4 is 4.72 Å². The highest BCUT2D eigenvalue weighted by atomic mass is 32.2. The lowest BCUT2D eigenvalue weighted by Crippen LogP contribution is -2.51. The first-order valence-electron chi connectivity index (χ1n) is 6.37. The average molecular weight is 296 g/mol. The van der Waals surface area contributed by atoms with Gasteiger partial charge in [-0.1, -0.05) is 13.3 Å². The molecule has 1 heterocycles. The third kappa shape index (κ3) is 4.70. The van der Waals surface area contributed by atoms with Crippen LogP contribution in [0.5, 0.6) is 0 Å². The molecule has 7 heteroatoms. The zero-order chi connectivity index (χ0) is 13.6. The predicted octanol–water partition coefficient (Wildman–Crippen LogP) is 0.667. The number of nitrogens with zero attached hydrogens (tertiary/aromatic N) is 1. The van der Waals surface area contributed by atoms with Crippen LogP contribution in [-0.4, -0.2) is 55.6 Å². The number of piperidine rings is 1. The molecule has 1 aliphatic rings. The van der Waals surface area contributed by atoms with Crippen molar-refractivity contribution in [2.75, 3.05) is 31.7 Å². The largest absolute Gasteiger partial charge is 0.395 e. The number of hydrogen-bond donors (Lipinski definition) is 2. The lowest BCUT2D eigenvalue weighted by molar-refractivity contribution is 0.154. The first kappa shape index (κ1) is 16.2. The van der Waals surface area contributed by atoms with Gasteiger partial charge in [-0.2, -0.15) is 24.5 Å². The summed E-state index contributed by atoms with van der Waals surface area (Å²) in [6.45, 7) is 2.90. The van der Waals surface area contributed by atoms with Crippen molar-refractivity contribution in [3.05, 3.63) is 0 Å². The van der Waals surface area contributed by atoms with Crippen molar-refractivity contribution >= 4 is 22.0 Å². The maximum atomic E-state index is 12.2. The van der Waals surface area contributed by atoms with Gasteiger partial charge in [0.2, 0.25) is 0 Å². The van der Waals surface area contributed by atoms with Gasteiger partial charge in [0.15, 0.2) is 0 Å². The van der Waals surface area contributed by atoms with Gasteiger partial charge in [-0.25, -0.2) is 4.72 Å². The molecule has 1 saturated heterocycles. The molecule has 108 valence electrons. The molecule has 5 nitrogen and oxygen atoms in total. The Bertz CT molecular complexity index is 335. The number of aliphatic hydroxyl groups is 1. The number of nitrogens with one attached hydrogen (secondary N) is 1. The molecule has 1 aliphatic heterocycles. The topological polar surface area (TPSA) is 69.6 Å². The highest BCUT2D eigenvalue weighted by molar-refractivity contribution is 7.98. The summed E-state index contributed by atoms with van der Waals surface area (Å²) in [6, 6.07) is -0.257. The fourth-order valence-electron chi connectivity index (χ4n) is 2.15. The number of hydrogen-bond acceptors (Lipinski definition) is 4. The summed E-state index contributed by atoms with van der Waals surface area (Å²) in [7, 11) is -3.44. The van der Waals surface area contributed by atoms with E-state index in [1.54, 1.807) is 11.8 Å². The molecule has 0 aliphatic carbocycles. The van der Waals surface area contributed by atoms with Crippen LogP contribution in [0.25, 0.3) is 0 Å². The number of rotatable bonds is 7. The Morgan fingerprint density at radius 2 is 2.22 bits per heavy atom. The van der Waals surface area contributed by atoms with Gasteiger partial charge >= 0.3 is 0 Å². The molecular weight excluding hydrogens is 272 g/mol. The van der Waals surface area contributed by atoms with Gasteiger partial charge in [-0.05, 0) is 30.8 Å². The molecule has 0 saturated carbocycles. The molecule has 0 aromatic rings. The summed E-state index contributed by atoms with van der Waals surface area (Å²) in [5.74, 6) is 1.25. The number of thioether (sulfide) groups is 1. The van der Waals surface area contributed by atoms with Crippen molar-refractivity contribution < 1.29 is 13.5 Å². The smallest absolute Gasteiger partial charge is 0.279 e. The molecule has 0 bridgehead atoms.